The topological polar surface area (TPSA) is 35.5 Å². The van der Waals surface area contributed by atoms with Gasteiger partial charge in [0.25, 0.3) is 0 Å². The van der Waals surface area contributed by atoms with E-state index in [2.05, 4.69) is 107 Å². The lowest BCUT2D eigenvalue weighted by atomic mass is 9.75. The van der Waals surface area contributed by atoms with Crippen molar-refractivity contribution < 1.29 is 13.6 Å². The van der Waals surface area contributed by atoms with Crippen LogP contribution in [0.3, 0.4) is 0 Å². The van der Waals surface area contributed by atoms with Crippen LogP contribution in [0.2, 0.25) is 0 Å². The lowest BCUT2D eigenvalue weighted by Gasteiger charge is -2.29. The SMILES string of the molecule is CC(C)(C)c1cc2c(c(C(C)(C)C)c1)O[P+](=O)Oc1c-2cc(C(C)(C)C)cc1C(C)(C)C. The van der Waals surface area contributed by atoms with Gasteiger partial charge in [0.1, 0.15) is 0 Å². The molecule has 0 aliphatic carbocycles. The highest BCUT2D eigenvalue weighted by atomic mass is 31.1. The van der Waals surface area contributed by atoms with Gasteiger partial charge in [-0.25, -0.2) is 9.05 Å². The molecule has 0 spiro atoms. The molecular weight excluding hydrogens is 415 g/mol. The highest BCUT2D eigenvalue weighted by Crippen LogP contribution is 2.54. The molecule has 0 bridgehead atoms. The van der Waals surface area contributed by atoms with Crippen LogP contribution in [0.5, 0.6) is 11.5 Å². The predicted molar refractivity (Wildman–Crippen MR) is 136 cm³/mol. The van der Waals surface area contributed by atoms with Crippen LogP contribution < -0.4 is 9.05 Å². The van der Waals surface area contributed by atoms with Crippen molar-refractivity contribution in [1.29, 1.82) is 0 Å². The molecule has 4 heteroatoms. The van der Waals surface area contributed by atoms with E-state index in [1.165, 1.54) is 11.1 Å². The second-order valence-electron chi connectivity index (χ2n) is 13.2. The molecule has 3 rings (SSSR count). The molecule has 1 heterocycles. The molecule has 0 amide bonds. The molecular formula is C28H40O3P+. The summed E-state index contributed by atoms with van der Waals surface area (Å²) in [5.74, 6) is 1.35. The van der Waals surface area contributed by atoms with Gasteiger partial charge in [0, 0.05) is 26.8 Å². The van der Waals surface area contributed by atoms with Crippen molar-refractivity contribution in [2.75, 3.05) is 0 Å². The van der Waals surface area contributed by atoms with Crippen LogP contribution in [-0.4, -0.2) is 0 Å². The highest BCUT2D eigenvalue weighted by molar-refractivity contribution is 7.34. The predicted octanol–water partition coefficient (Wildman–Crippen LogP) is 8.97. The molecule has 1 aliphatic heterocycles. The number of hydrogen-bond donors (Lipinski definition) is 0. The van der Waals surface area contributed by atoms with Gasteiger partial charge in [-0.05, 0) is 44.9 Å². The van der Waals surface area contributed by atoms with E-state index >= 15 is 0 Å². The molecule has 0 N–H and O–H groups in total. The molecule has 2 aromatic carbocycles. The molecule has 0 fully saturated rings. The van der Waals surface area contributed by atoms with Crippen molar-refractivity contribution in [3.8, 4) is 22.6 Å². The van der Waals surface area contributed by atoms with E-state index in [1.807, 2.05) is 0 Å². The third-order valence-corrected chi connectivity index (χ3v) is 6.81. The largest absolute Gasteiger partial charge is 0.805 e. The Morgan fingerprint density at radius 2 is 0.844 bits per heavy atom. The highest BCUT2D eigenvalue weighted by Gasteiger charge is 2.41. The van der Waals surface area contributed by atoms with Crippen LogP contribution in [0.15, 0.2) is 24.3 Å². The van der Waals surface area contributed by atoms with Crippen LogP contribution in [0.1, 0.15) is 105 Å². The second-order valence-corrected chi connectivity index (χ2v) is 14.0. The molecule has 1 aliphatic rings. The zero-order valence-electron chi connectivity index (χ0n) is 22.0. The number of benzene rings is 2. The first-order valence-corrected chi connectivity index (χ1v) is 12.6. The summed E-state index contributed by atoms with van der Waals surface area (Å²) < 4.78 is 25.1. The molecule has 0 aromatic heterocycles. The molecule has 32 heavy (non-hydrogen) atoms. The van der Waals surface area contributed by atoms with Gasteiger partial charge in [-0.1, -0.05) is 95.2 Å². The standard InChI is InChI=1S/C28H40O3P/c1-25(2,3)17-13-19-20-14-18(26(4,5)6)16-22(28(10,11)12)24(20)31-32(29)30-23(19)21(15-17)27(7,8)9/h13-16H,1-12H3/q+1. The van der Waals surface area contributed by atoms with Crippen LogP contribution in [0, 0.1) is 0 Å². The maximum Gasteiger partial charge on any atom is 0.805 e. The summed E-state index contributed by atoms with van der Waals surface area (Å²) >= 11 is 0. The van der Waals surface area contributed by atoms with Gasteiger partial charge in [-0.2, -0.15) is 0 Å². The van der Waals surface area contributed by atoms with Crippen LogP contribution in [0.25, 0.3) is 11.1 Å². The molecule has 0 unspecified atom stereocenters. The van der Waals surface area contributed by atoms with Gasteiger partial charge in [0.2, 0.25) is 11.5 Å². The Morgan fingerprint density at radius 3 is 1.09 bits per heavy atom. The summed E-state index contributed by atoms with van der Waals surface area (Å²) in [6.45, 7) is 26.4. The third kappa shape index (κ3) is 4.74. The Bertz CT molecular complexity index is 983. The van der Waals surface area contributed by atoms with Crippen molar-refractivity contribution in [3.63, 3.8) is 0 Å². The Labute approximate surface area is 195 Å². The van der Waals surface area contributed by atoms with Gasteiger partial charge in [-0.3, -0.25) is 0 Å². The minimum atomic E-state index is -2.34. The average molecular weight is 456 g/mol. The molecule has 3 nitrogen and oxygen atoms in total. The lowest BCUT2D eigenvalue weighted by Crippen LogP contribution is -2.18. The first-order chi connectivity index (χ1) is 14.3. The van der Waals surface area contributed by atoms with Gasteiger partial charge < -0.3 is 0 Å². The lowest BCUT2D eigenvalue weighted by molar-refractivity contribution is 0.408. The van der Waals surface area contributed by atoms with Crippen molar-refractivity contribution in [1.82, 2.24) is 0 Å². The second kappa shape index (κ2) is 7.59. The van der Waals surface area contributed by atoms with Crippen LogP contribution >= 0.6 is 8.25 Å². The summed E-state index contributed by atoms with van der Waals surface area (Å²) in [5, 5.41) is 0. The molecule has 0 saturated carbocycles. The Kier molecular flexibility index (Phi) is 5.88. The van der Waals surface area contributed by atoms with Gasteiger partial charge >= 0.3 is 8.25 Å². The minimum absolute atomic E-state index is 0.0426. The Morgan fingerprint density at radius 1 is 0.531 bits per heavy atom. The summed E-state index contributed by atoms with van der Waals surface area (Å²) in [7, 11) is -2.34. The number of hydrogen-bond acceptors (Lipinski definition) is 3. The fraction of sp³-hybridized carbons (Fsp3) is 0.571. The van der Waals surface area contributed by atoms with E-state index in [1.54, 1.807) is 0 Å². The van der Waals surface area contributed by atoms with Crippen LogP contribution in [0.4, 0.5) is 0 Å². The first kappa shape index (κ1) is 24.8. The number of fused-ring (bicyclic) bond motifs is 3. The average Bonchev–Trinajstić information content (AvgIpc) is 2.71. The smallest absolute Gasteiger partial charge is 0.221 e. The van der Waals surface area contributed by atoms with Crippen molar-refractivity contribution in [3.05, 3.63) is 46.5 Å². The van der Waals surface area contributed by atoms with E-state index in [9.17, 15) is 4.57 Å². The normalized spacial score (nSPS) is 14.8. The van der Waals surface area contributed by atoms with Crippen LogP contribution in [-0.2, 0) is 26.2 Å². The zero-order valence-corrected chi connectivity index (χ0v) is 22.9. The van der Waals surface area contributed by atoms with Gasteiger partial charge in [0.05, 0.1) is 0 Å². The van der Waals surface area contributed by atoms with Crippen molar-refractivity contribution >= 4 is 8.25 Å². The molecule has 0 radical (unpaired) electrons. The monoisotopic (exact) mass is 455 g/mol. The van der Waals surface area contributed by atoms with E-state index in [-0.39, 0.29) is 21.7 Å². The van der Waals surface area contributed by atoms with Gasteiger partial charge in [0.15, 0.2) is 0 Å². The number of rotatable bonds is 0. The summed E-state index contributed by atoms with van der Waals surface area (Å²) in [4.78, 5) is 0. The fourth-order valence-electron chi connectivity index (χ4n) is 4.00. The first-order valence-electron chi connectivity index (χ1n) is 11.5. The van der Waals surface area contributed by atoms with E-state index in [4.69, 9.17) is 9.05 Å². The maximum atomic E-state index is 13.0. The molecule has 0 saturated heterocycles. The van der Waals surface area contributed by atoms with E-state index in [0.29, 0.717) is 11.5 Å². The quantitative estimate of drug-likeness (QED) is 0.372. The summed E-state index contributed by atoms with van der Waals surface area (Å²) in [6, 6.07) is 8.84. The molecule has 2 aromatic rings. The molecule has 0 atom stereocenters. The maximum absolute atomic E-state index is 13.0. The summed E-state index contributed by atoms with van der Waals surface area (Å²) in [6.07, 6.45) is 0. The minimum Gasteiger partial charge on any atom is -0.221 e. The Hall–Kier alpha value is -1.86. The van der Waals surface area contributed by atoms with E-state index in [0.717, 1.165) is 22.3 Å². The Balaban J connectivity index is 2.54. The summed E-state index contributed by atoms with van der Waals surface area (Å²) in [5.41, 5.74) is 6.05. The molecule has 174 valence electrons. The van der Waals surface area contributed by atoms with Crippen molar-refractivity contribution in [2.45, 2.75) is 105 Å². The van der Waals surface area contributed by atoms with E-state index < -0.39 is 8.25 Å². The fourth-order valence-corrected chi connectivity index (χ4v) is 4.73. The van der Waals surface area contributed by atoms with Gasteiger partial charge in [-0.15, -0.1) is 0 Å². The zero-order chi connectivity index (χ0) is 24.4. The van der Waals surface area contributed by atoms with Crippen molar-refractivity contribution in [2.24, 2.45) is 0 Å². The third-order valence-electron chi connectivity index (χ3n) is 6.15.